The Morgan fingerprint density at radius 3 is 2.88 bits per heavy atom. The molecule has 88 valence electrons. The van der Waals surface area contributed by atoms with Gasteiger partial charge in [-0.3, -0.25) is 14.6 Å². The molecular formula is C12H14N4S. The number of aromatic amines is 1. The van der Waals surface area contributed by atoms with E-state index in [0.29, 0.717) is 4.77 Å². The summed E-state index contributed by atoms with van der Waals surface area (Å²) in [4.78, 5) is 4.14. The van der Waals surface area contributed by atoms with E-state index in [1.165, 1.54) is 6.42 Å². The number of nitrogens with one attached hydrogen (secondary N) is 1. The second-order valence-electron chi connectivity index (χ2n) is 4.78. The monoisotopic (exact) mass is 246 g/mol. The molecule has 1 aliphatic rings. The minimum absolute atomic E-state index is 0.120. The third-order valence-corrected chi connectivity index (χ3v) is 3.84. The van der Waals surface area contributed by atoms with Gasteiger partial charge in [0.1, 0.15) is 0 Å². The molecule has 0 bridgehead atoms. The SMILES string of the molecule is CC1(n2c(-c3cccnc3)n[nH]c2=S)CCC1. The first kappa shape index (κ1) is 10.7. The van der Waals surface area contributed by atoms with Gasteiger partial charge in [0.2, 0.25) is 0 Å². The fourth-order valence-electron chi connectivity index (χ4n) is 2.40. The predicted molar refractivity (Wildman–Crippen MR) is 68.1 cm³/mol. The quantitative estimate of drug-likeness (QED) is 0.829. The van der Waals surface area contributed by atoms with Crippen molar-refractivity contribution in [3.05, 3.63) is 29.3 Å². The van der Waals surface area contributed by atoms with Gasteiger partial charge in [0.15, 0.2) is 10.6 Å². The molecule has 0 atom stereocenters. The maximum absolute atomic E-state index is 5.35. The van der Waals surface area contributed by atoms with Crippen LogP contribution in [0.2, 0.25) is 0 Å². The number of aromatic nitrogens is 4. The van der Waals surface area contributed by atoms with E-state index in [4.69, 9.17) is 12.2 Å². The fourth-order valence-corrected chi connectivity index (χ4v) is 2.75. The van der Waals surface area contributed by atoms with E-state index in [2.05, 4.69) is 26.7 Å². The Labute approximate surface area is 105 Å². The molecule has 5 heteroatoms. The molecule has 0 radical (unpaired) electrons. The van der Waals surface area contributed by atoms with E-state index in [1.807, 2.05) is 18.3 Å². The topological polar surface area (TPSA) is 46.5 Å². The number of hydrogen-bond acceptors (Lipinski definition) is 3. The minimum atomic E-state index is 0.120. The zero-order chi connectivity index (χ0) is 11.9. The van der Waals surface area contributed by atoms with Gasteiger partial charge in [-0.2, -0.15) is 5.10 Å². The largest absolute Gasteiger partial charge is 0.294 e. The molecule has 0 aromatic carbocycles. The summed E-state index contributed by atoms with van der Waals surface area (Å²) in [5.74, 6) is 0.894. The average Bonchev–Trinajstić information content (AvgIpc) is 2.70. The Kier molecular flexibility index (Phi) is 2.36. The van der Waals surface area contributed by atoms with Crippen molar-refractivity contribution in [3.63, 3.8) is 0 Å². The lowest BCUT2D eigenvalue weighted by atomic mass is 9.78. The lowest BCUT2D eigenvalue weighted by Crippen LogP contribution is -2.37. The molecule has 0 saturated heterocycles. The fraction of sp³-hybridized carbons (Fsp3) is 0.417. The smallest absolute Gasteiger partial charge is 0.195 e. The molecule has 3 rings (SSSR count). The van der Waals surface area contributed by atoms with Crippen molar-refractivity contribution in [2.75, 3.05) is 0 Å². The van der Waals surface area contributed by atoms with Gasteiger partial charge in [-0.05, 0) is 50.5 Å². The van der Waals surface area contributed by atoms with E-state index in [9.17, 15) is 0 Å². The summed E-state index contributed by atoms with van der Waals surface area (Å²) in [5, 5.41) is 7.24. The van der Waals surface area contributed by atoms with E-state index >= 15 is 0 Å². The molecule has 0 amide bonds. The van der Waals surface area contributed by atoms with Crippen molar-refractivity contribution in [2.45, 2.75) is 31.7 Å². The predicted octanol–water partition coefficient (Wildman–Crippen LogP) is 2.90. The van der Waals surface area contributed by atoms with Crippen LogP contribution in [0, 0.1) is 4.77 Å². The van der Waals surface area contributed by atoms with Crippen LogP contribution in [-0.4, -0.2) is 19.7 Å². The Balaban J connectivity index is 2.16. The van der Waals surface area contributed by atoms with Crippen LogP contribution in [-0.2, 0) is 5.54 Å². The van der Waals surface area contributed by atoms with Gasteiger partial charge in [-0.25, -0.2) is 0 Å². The summed E-state index contributed by atoms with van der Waals surface area (Å²) in [5.41, 5.74) is 1.13. The second kappa shape index (κ2) is 3.77. The van der Waals surface area contributed by atoms with Crippen LogP contribution in [0.4, 0.5) is 0 Å². The van der Waals surface area contributed by atoms with Crippen LogP contribution in [0.1, 0.15) is 26.2 Å². The van der Waals surface area contributed by atoms with Crippen molar-refractivity contribution in [2.24, 2.45) is 0 Å². The van der Waals surface area contributed by atoms with Crippen molar-refractivity contribution in [1.29, 1.82) is 0 Å². The first-order valence-electron chi connectivity index (χ1n) is 5.79. The van der Waals surface area contributed by atoms with Crippen LogP contribution in [0.5, 0.6) is 0 Å². The van der Waals surface area contributed by atoms with Crippen molar-refractivity contribution < 1.29 is 0 Å². The number of pyridine rings is 1. The van der Waals surface area contributed by atoms with Crippen molar-refractivity contribution in [1.82, 2.24) is 19.7 Å². The standard InChI is InChI=1S/C12H14N4S/c1-12(5-3-6-12)16-10(14-15-11(16)17)9-4-2-7-13-8-9/h2,4,7-8H,3,5-6H2,1H3,(H,15,17). The Morgan fingerprint density at radius 2 is 2.29 bits per heavy atom. The number of hydrogen-bond donors (Lipinski definition) is 1. The molecule has 0 spiro atoms. The van der Waals surface area contributed by atoms with Crippen molar-refractivity contribution in [3.8, 4) is 11.4 Å². The van der Waals surface area contributed by atoms with E-state index < -0.39 is 0 Å². The number of nitrogens with zero attached hydrogens (tertiary/aromatic N) is 3. The molecule has 2 heterocycles. The van der Waals surface area contributed by atoms with Crippen LogP contribution in [0.25, 0.3) is 11.4 Å². The van der Waals surface area contributed by atoms with Crippen LogP contribution in [0.15, 0.2) is 24.5 Å². The van der Waals surface area contributed by atoms with E-state index in [0.717, 1.165) is 24.2 Å². The van der Waals surface area contributed by atoms with E-state index in [-0.39, 0.29) is 5.54 Å². The van der Waals surface area contributed by atoms with Crippen LogP contribution in [0.3, 0.4) is 0 Å². The molecule has 1 aliphatic carbocycles. The summed E-state index contributed by atoms with van der Waals surface area (Å²) in [6, 6.07) is 3.93. The normalized spacial score (nSPS) is 17.7. The van der Waals surface area contributed by atoms with E-state index in [1.54, 1.807) is 6.20 Å². The summed E-state index contributed by atoms with van der Waals surface area (Å²) >= 11 is 5.35. The highest BCUT2D eigenvalue weighted by Gasteiger charge is 2.36. The molecule has 1 fully saturated rings. The highest BCUT2D eigenvalue weighted by molar-refractivity contribution is 7.71. The summed E-state index contributed by atoms with van der Waals surface area (Å²) in [6.45, 7) is 2.24. The first-order valence-corrected chi connectivity index (χ1v) is 6.20. The van der Waals surface area contributed by atoms with Crippen LogP contribution >= 0.6 is 12.2 Å². The maximum atomic E-state index is 5.35. The Hall–Kier alpha value is -1.49. The molecule has 2 aromatic rings. The van der Waals surface area contributed by atoms with Gasteiger partial charge in [-0.1, -0.05) is 0 Å². The van der Waals surface area contributed by atoms with Gasteiger partial charge < -0.3 is 0 Å². The zero-order valence-corrected chi connectivity index (χ0v) is 10.5. The molecule has 0 aliphatic heterocycles. The van der Waals surface area contributed by atoms with Crippen LogP contribution < -0.4 is 0 Å². The Morgan fingerprint density at radius 1 is 1.47 bits per heavy atom. The van der Waals surface area contributed by atoms with Gasteiger partial charge in [0.05, 0.1) is 0 Å². The second-order valence-corrected chi connectivity index (χ2v) is 5.17. The molecule has 1 saturated carbocycles. The zero-order valence-electron chi connectivity index (χ0n) is 9.68. The molecule has 0 unspecified atom stereocenters. The minimum Gasteiger partial charge on any atom is -0.294 e. The van der Waals surface area contributed by atoms with Gasteiger partial charge in [0, 0.05) is 23.5 Å². The maximum Gasteiger partial charge on any atom is 0.195 e. The number of H-pyrrole nitrogens is 1. The molecule has 17 heavy (non-hydrogen) atoms. The summed E-state index contributed by atoms with van der Waals surface area (Å²) in [6.07, 6.45) is 7.17. The lowest BCUT2D eigenvalue weighted by molar-refractivity contribution is 0.168. The highest BCUT2D eigenvalue weighted by atomic mass is 32.1. The molecular weight excluding hydrogens is 232 g/mol. The third-order valence-electron chi connectivity index (χ3n) is 3.56. The molecule has 2 aromatic heterocycles. The number of rotatable bonds is 2. The third kappa shape index (κ3) is 1.61. The van der Waals surface area contributed by atoms with Gasteiger partial charge in [0.25, 0.3) is 0 Å². The molecule has 1 N–H and O–H groups in total. The lowest BCUT2D eigenvalue weighted by Gasteiger charge is -2.40. The average molecular weight is 246 g/mol. The van der Waals surface area contributed by atoms with Gasteiger partial charge in [-0.15, -0.1) is 0 Å². The Bertz CT molecular complexity index is 580. The van der Waals surface area contributed by atoms with Crippen molar-refractivity contribution >= 4 is 12.2 Å². The molecule has 4 nitrogen and oxygen atoms in total. The first-order chi connectivity index (χ1) is 8.21. The van der Waals surface area contributed by atoms with Gasteiger partial charge >= 0.3 is 0 Å². The summed E-state index contributed by atoms with van der Waals surface area (Å²) in [7, 11) is 0. The highest BCUT2D eigenvalue weighted by Crippen LogP contribution is 2.40. The summed E-state index contributed by atoms with van der Waals surface area (Å²) < 4.78 is 2.84.